The summed E-state index contributed by atoms with van der Waals surface area (Å²) < 4.78 is 11.1. The summed E-state index contributed by atoms with van der Waals surface area (Å²) in [4.78, 5) is 0. The molecule has 2 aromatic rings. The Morgan fingerprint density at radius 1 is 1.26 bits per heavy atom. The number of halogens is 1. The molecule has 0 saturated carbocycles. The third-order valence-corrected chi connectivity index (χ3v) is 3.27. The van der Waals surface area contributed by atoms with Gasteiger partial charge in [-0.15, -0.1) is 0 Å². The number of ether oxygens (including phenoxy) is 2. The highest BCUT2D eigenvalue weighted by molar-refractivity contribution is 6.30. The molecule has 1 N–H and O–H groups in total. The molecular formula is C15H13ClO3. The van der Waals surface area contributed by atoms with Crippen molar-refractivity contribution in [2.45, 2.75) is 12.7 Å². The van der Waals surface area contributed by atoms with E-state index in [1.165, 1.54) is 0 Å². The number of benzene rings is 2. The van der Waals surface area contributed by atoms with Crippen molar-refractivity contribution in [1.82, 2.24) is 0 Å². The Labute approximate surface area is 116 Å². The lowest BCUT2D eigenvalue weighted by atomic mass is 10.1. The van der Waals surface area contributed by atoms with Crippen LogP contribution in [0.15, 0.2) is 42.5 Å². The molecule has 0 radical (unpaired) electrons. The monoisotopic (exact) mass is 276 g/mol. The van der Waals surface area contributed by atoms with Crippen LogP contribution in [0.25, 0.3) is 0 Å². The first-order chi connectivity index (χ1) is 9.22. The van der Waals surface area contributed by atoms with E-state index in [4.69, 9.17) is 21.1 Å². The van der Waals surface area contributed by atoms with Crippen LogP contribution in [0.3, 0.4) is 0 Å². The molecule has 3 nitrogen and oxygen atoms in total. The van der Waals surface area contributed by atoms with Crippen LogP contribution in [0.4, 0.5) is 0 Å². The summed E-state index contributed by atoms with van der Waals surface area (Å²) in [6.07, 6.45) is -0.531. The molecule has 0 saturated heterocycles. The normalized spacial score (nSPS) is 16.8. The molecule has 3 rings (SSSR count). The molecule has 1 aliphatic rings. The van der Waals surface area contributed by atoms with Crippen molar-refractivity contribution in [2.24, 2.45) is 0 Å². The number of aliphatic hydroxyl groups excluding tert-OH is 1. The van der Waals surface area contributed by atoms with Crippen molar-refractivity contribution in [2.75, 3.05) is 6.61 Å². The van der Waals surface area contributed by atoms with E-state index in [2.05, 4.69) is 0 Å². The Kier molecular flexibility index (Phi) is 3.32. The SMILES string of the molecule is OC1COc2cc(OCc3cccc(Cl)c3)ccc21. The van der Waals surface area contributed by atoms with Gasteiger partial charge in [0.2, 0.25) is 0 Å². The lowest BCUT2D eigenvalue weighted by Gasteiger charge is -2.08. The van der Waals surface area contributed by atoms with Crippen LogP contribution in [0, 0.1) is 0 Å². The topological polar surface area (TPSA) is 38.7 Å². The van der Waals surface area contributed by atoms with Gasteiger partial charge in [0.15, 0.2) is 0 Å². The minimum Gasteiger partial charge on any atom is -0.490 e. The van der Waals surface area contributed by atoms with Gasteiger partial charge in [-0.2, -0.15) is 0 Å². The van der Waals surface area contributed by atoms with Crippen molar-refractivity contribution >= 4 is 11.6 Å². The molecular weight excluding hydrogens is 264 g/mol. The Balaban J connectivity index is 1.71. The van der Waals surface area contributed by atoms with E-state index in [0.717, 1.165) is 11.1 Å². The summed E-state index contributed by atoms with van der Waals surface area (Å²) in [5.74, 6) is 1.41. The molecule has 1 heterocycles. The lowest BCUT2D eigenvalue weighted by Crippen LogP contribution is -1.97. The minimum atomic E-state index is -0.531. The fourth-order valence-corrected chi connectivity index (χ4v) is 2.27. The van der Waals surface area contributed by atoms with E-state index in [9.17, 15) is 5.11 Å². The van der Waals surface area contributed by atoms with Crippen molar-refractivity contribution in [1.29, 1.82) is 0 Å². The van der Waals surface area contributed by atoms with Crippen LogP contribution >= 0.6 is 11.6 Å². The number of fused-ring (bicyclic) bond motifs is 1. The Bertz CT molecular complexity index is 598. The van der Waals surface area contributed by atoms with E-state index in [1.807, 2.05) is 36.4 Å². The molecule has 2 aromatic carbocycles. The van der Waals surface area contributed by atoms with Crippen molar-refractivity contribution < 1.29 is 14.6 Å². The zero-order valence-corrected chi connectivity index (χ0v) is 10.9. The molecule has 0 amide bonds. The second-order valence-corrected chi connectivity index (χ2v) is 4.88. The first-order valence-corrected chi connectivity index (χ1v) is 6.42. The van der Waals surface area contributed by atoms with Crippen molar-refractivity contribution in [3.63, 3.8) is 0 Å². The smallest absolute Gasteiger partial charge is 0.129 e. The highest BCUT2D eigenvalue weighted by atomic mass is 35.5. The number of hydrogen-bond acceptors (Lipinski definition) is 3. The summed E-state index contributed by atoms with van der Waals surface area (Å²) in [5, 5.41) is 10.3. The number of aliphatic hydroxyl groups is 1. The quantitative estimate of drug-likeness (QED) is 0.934. The van der Waals surface area contributed by atoms with Gasteiger partial charge in [0.1, 0.15) is 30.8 Å². The Morgan fingerprint density at radius 2 is 2.16 bits per heavy atom. The number of rotatable bonds is 3. The molecule has 0 bridgehead atoms. The van der Waals surface area contributed by atoms with E-state index in [-0.39, 0.29) is 0 Å². The van der Waals surface area contributed by atoms with Crippen LogP contribution in [0.1, 0.15) is 17.2 Å². The zero-order valence-electron chi connectivity index (χ0n) is 10.2. The lowest BCUT2D eigenvalue weighted by molar-refractivity contribution is 0.140. The molecule has 0 spiro atoms. The summed E-state index contributed by atoms with van der Waals surface area (Å²) in [5.41, 5.74) is 1.82. The average Bonchev–Trinajstić information content (AvgIpc) is 2.78. The summed E-state index contributed by atoms with van der Waals surface area (Å²) in [6.45, 7) is 0.759. The first kappa shape index (κ1) is 12.3. The van der Waals surface area contributed by atoms with Crippen LogP contribution in [0.2, 0.25) is 5.02 Å². The highest BCUT2D eigenvalue weighted by Gasteiger charge is 2.21. The molecule has 98 valence electrons. The largest absolute Gasteiger partial charge is 0.490 e. The summed E-state index contributed by atoms with van der Waals surface area (Å²) >= 11 is 5.92. The molecule has 1 atom stereocenters. The van der Waals surface area contributed by atoms with Gasteiger partial charge in [-0.25, -0.2) is 0 Å². The fourth-order valence-electron chi connectivity index (χ4n) is 2.06. The third-order valence-electron chi connectivity index (χ3n) is 3.04. The van der Waals surface area contributed by atoms with Gasteiger partial charge in [0.25, 0.3) is 0 Å². The standard InChI is InChI=1S/C15H13ClO3/c16-11-3-1-2-10(6-11)8-18-12-4-5-13-14(17)9-19-15(13)7-12/h1-7,14,17H,8-9H2. The molecule has 0 aromatic heterocycles. The summed E-state index contributed by atoms with van der Waals surface area (Å²) in [7, 11) is 0. The molecule has 19 heavy (non-hydrogen) atoms. The zero-order chi connectivity index (χ0) is 13.2. The maximum Gasteiger partial charge on any atom is 0.129 e. The molecule has 0 aliphatic carbocycles. The van der Waals surface area contributed by atoms with E-state index < -0.39 is 6.10 Å². The van der Waals surface area contributed by atoms with Gasteiger partial charge in [0, 0.05) is 16.7 Å². The van der Waals surface area contributed by atoms with Crippen molar-refractivity contribution in [3.05, 3.63) is 58.6 Å². The van der Waals surface area contributed by atoms with Crippen LogP contribution in [-0.4, -0.2) is 11.7 Å². The van der Waals surface area contributed by atoms with Crippen LogP contribution < -0.4 is 9.47 Å². The van der Waals surface area contributed by atoms with Crippen LogP contribution in [0.5, 0.6) is 11.5 Å². The second kappa shape index (κ2) is 5.11. The molecule has 1 unspecified atom stereocenters. The van der Waals surface area contributed by atoms with Crippen molar-refractivity contribution in [3.8, 4) is 11.5 Å². The van der Waals surface area contributed by atoms with E-state index >= 15 is 0 Å². The van der Waals surface area contributed by atoms with E-state index in [1.54, 1.807) is 6.07 Å². The first-order valence-electron chi connectivity index (χ1n) is 6.04. The highest BCUT2D eigenvalue weighted by Crippen LogP contribution is 2.35. The van der Waals surface area contributed by atoms with Gasteiger partial charge in [-0.1, -0.05) is 23.7 Å². The predicted molar refractivity (Wildman–Crippen MR) is 72.7 cm³/mol. The number of hydrogen-bond donors (Lipinski definition) is 1. The van der Waals surface area contributed by atoms with Gasteiger partial charge < -0.3 is 14.6 Å². The van der Waals surface area contributed by atoms with Gasteiger partial charge in [-0.3, -0.25) is 0 Å². The maximum absolute atomic E-state index is 9.63. The van der Waals surface area contributed by atoms with Gasteiger partial charge >= 0.3 is 0 Å². The molecule has 1 aliphatic heterocycles. The Hall–Kier alpha value is -1.71. The fraction of sp³-hybridized carbons (Fsp3) is 0.200. The van der Waals surface area contributed by atoms with Crippen LogP contribution in [-0.2, 0) is 6.61 Å². The van der Waals surface area contributed by atoms with E-state index in [0.29, 0.717) is 29.7 Å². The second-order valence-electron chi connectivity index (χ2n) is 4.45. The molecule has 0 fully saturated rings. The average molecular weight is 277 g/mol. The third kappa shape index (κ3) is 2.67. The molecule has 4 heteroatoms. The predicted octanol–water partition coefficient (Wildman–Crippen LogP) is 3.34. The minimum absolute atomic E-state index is 0.313. The van der Waals surface area contributed by atoms with Gasteiger partial charge in [-0.05, 0) is 29.8 Å². The summed E-state index contributed by atoms with van der Waals surface area (Å²) in [6, 6.07) is 13.0. The Morgan fingerprint density at radius 3 is 3.00 bits per heavy atom. The maximum atomic E-state index is 9.63. The van der Waals surface area contributed by atoms with Gasteiger partial charge in [0.05, 0.1) is 0 Å².